The van der Waals surface area contributed by atoms with E-state index in [-0.39, 0.29) is 27.9 Å². The van der Waals surface area contributed by atoms with Gasteiger partial charge in [-0.3, -0.25) is 4.55 Å². The van der Waals surface area contributed by atoms with Gasteiger partial charge >= 0.3 is 23.1 Å². The van der Waals surface area contributed by atoms with Crippen LogP contribution >= 0.6 is 0 Å². The van der Waals surface area contributed by atoms with Crippen molar-refractivity contribution in [2.45, 2.75) is 18.7 Å². The number of hydrogen-bond donors (Lipinski definition) is 1. The molecule has 5 heteroatoms. The molecular weight excluding hydrogens is 200 g/mol. The van der Waals surface area contributed by atoms with Gasteiger partial charge in [0, 0.05) is 0 Å². The van der Waals surface area contributed by atoms with E-state index in [1.54, 1.807) is 32.0 Å². The Balaban J connectivity index is 0.00000144. The predicted molar refractivity (Wildman–Crippen MR) is 54.3 cm³/mol. The molecule has 0 saturated carbocycles. The Morgan fingerprint density at radius 3 is 1.77 bits per heavy atom. The summed E-state index contributed by atoms with van der Waals surface area (Å²) in [4.78, 5) is 0.0185. The fraction of sp³-hybridized carbons (Fsp3) is 0.250. The Hall–Kier alpha value is -0.104. The molecule has 0 unspecified atom stereocenters. The van der Waals surface area contributed by atoms with Gasteiger partial charge in [0.1, 0.15) is 0 Å². The molecule has 1 aromatic rings. The third-order valence-electron chi connectivity index (χ3n) is 1.67. The van der Waals surface area contributed by atoms with Gasteiger partial charge in [0.2, 0.25) is 0 Å². The molecule has 0 aliphatic rings. The van der Waals surface area contributed by atoms with Crippen molar-refractivity contribution in [2.75, 3.05) is 0 Å². The highest BCUT2D eigenvalue weighted by atomic mass is 32.2. The minimum absolute atomic E-state index is 0. The van der Waals surface area contributed by atoms with Crippen LogP contribution in [0.15, 0.2) is 23.1 Å². The van der Waals surface area contributed by atoms with Crippen LogP contribution in [-0.4, -0.2) is 36.0 Å². The summed E-state index contributed by atoms with van der Waals surface area (Å²) in [6, 6.07) is 5.05. The summed E-state index contributed by atoms with van der Waals surface area (Å²) < 4.78 is 30.5. The Morgan fingerprint density at radius 1 is 1.15 bits per heavy atom. The second-order valence-electron chi connectivity index (χ2n) is 2.70. The highest BCUT2D eigenvalue weighted by molar-refractivity contribution is 7.86. The van der Waals surface area contributed by atoms with Crippen molar-refractivity contribution >= 4 is 33.2 Å². The molecule has 3 nitrogen and oxygen atoms in total. The largest absolute Gasteiger partial charge is 0.316 e. The Kier molecular flexibility index (Phi) is 4.37. The van der Waals surface area contributed by atoms with Crippen molar-refractivity contribution in [1.82, 2.24) is 0 Å². The summed E-state index contributed by atoms with van der Waals surface area (Å²) >= 11 is 0. The predicted octanol–water partition coefficient (Wildman–Crippen LogP) is 0.634. The van der Waals surface area contributed by atoms with Gasteiger partial charge in [-0.2, -0.15) is 8.42 Å². The SMILES string of the molecule is Cc1cccc(C)c1S(=O)(=O)O.[MgH2]. The maximum absolute atomic E-state index is 10.8. The standard InChI is InChI=1S/C8H10O3S.Mg.2H/c1-6-4-3-5-7(2)8(6)12(9,10)11;;;/h3-5H,1-2H3,(H,9,10,11);;;. The highest BCUT2D eigenvalue weighted by Crippen LogP contribution is 2.18. The average Bonchev–Trinajstić information content (AvgIpc) is 1.82. The first-order chi connectivity index (χ1) is 5.43. The fourth-order valence-corrected chi connectivity index (χ4v) is 2.16. The van der Waals surface area contributed by atoms with E-state index in [9.17, 15) is 8.42 Å². The van der Waals surface area contributed by atoms with Crippen LogP contribution in [0.5, 0.6) is 0 Å². The third kappa shape index (κ3) is 2.94. The smallest absolute Gasteiger partial charge is 0.282 e. The molecule has 0 amide bonds. The van der Waals surface area contributed by atoms with Crippen LogP contribution in [0, 0.1) is 13.8 Å². The van der Waals surface area contributed by atoms with Gasteiger partial charge < -0.3 is 0 Å². The quantitative estimate of drug-likeness (QED) is 0.549. The van der Waals surface area contributed by atoms with Crippen LogP contribution in [-0.2, 0) is 10.1 Å². The summed E-state index contributed by atoms with van der Waals surface area (Å²) in [5.74, 6) is 0. The van der Waals surface area contributed by atoms with Crippen LogP contribution in [0.2, 0.25) is 0 Å². The molecule has 0 aromatic heterocycles. The van der Waals surface area contributed by atoms with Gasteiger partial charge in [0.05, 0.1) is 4.90 Å². The summed E-state index contributed by atoms with van der Waals surface area (Å²) in [5.41, 5.74) is 1.13. The van der Waals surface area contributed by atoms with Crippen molar-refractivity contribution in [2.24, 2.45) is 0 Å². The summed E-state index contributed by atoms with van der Waals surface area (Å²) in [5, 5.41) is 0. The molecule has 1 N–H and O–H groups in total. The van der Waals surface area contributed by atoms with Gasteiger partial charge in [-0.1, -0.05) is 18.2 Å². The molecule has 0 fully saturated rings. The molecule has 1 aromatic carbocycles. The number of benzene rings is 1. The Bertz CT molecular complexity index is 378. The highest BCUT2D eigenvalue weighted by Gasteiger charge is 2.14. The molecule has 0 heterocycles. The van der Waals surface area contributed by atoms with E-state index < -0.39 is 10.1 Å². The van der Waals surface area contributed by atoms with E-state index in [2.05, 4.69) is 0 Å². The van der Waals surface area contributed by atoms with Gasteiger partial charge in [-0.25, -0.2) is 0 Å². The third-order valence-corrected chi connectivity index (χ3v) is 2.83. The van der Waals surface area contributed by atoms with E-state index in [1.807, 2.05) is 0 Å². The average molecular weight is 213 g/mol. The van der Waals surface area contributed by atoms with Gasteiger partial charge in [0.25, 0.3) is 10.1 Å². The summed E-state index contributed by atoms with van der Waals surface area (Å²) in [7, 11) is -4.06. The maximum atomic E-state index is 10.8. The van der Waals surface area contributed by atoms with Gasteiger partial charge in [-0.15, -0.1) is 0 Å². The first kappa shape index (κ1) is 12.9. The molecule has 0 aliphatic heterocycles. The van der Waals surface area contributed by atoms with Crippen molar-refractivity contribution in [3.8, 4) is 0 Å². The van der Waals surface area contributed by atoms with E-state index in [1.165, 1.54) is 0 Å². The lowest BCUT2D eigenvalue weighted by atomic mass is 10.2. The minimum Gasteiger partial charge on any atom is -0.282 e. The first-order valence-electron chi connectivity index (χ1n) is 3.46. The van der Waals surface area contributed by atoms with Crippen molar-refractivity contribution in [1.29, 1.82) is 0 Å². The molecule has 13 heavy (non-hydrogen) atoms. The van der Waals surface area contributed by atoms with E-state index >= 15 is 0 Å². The molecule has 0 aliphatic carbocycles. The molecule has 0 radical (unpaired) electrons. The molecule has 1 rings (SSSR count). The monoisotopic (exact) mass is 212 g/mol. The van der Waals surface area contributed by atoms with Crippen molar-refractivity contribution in [3.63, 3.8) is 0 Å². The lowest BCUT2D eigenvalue weighted by Crippen LogP contribution is -2.03. The van der Waals surface area contributed by atoms with Gasteiger partial charge in [-0.05, 0) is 25.0 Å². The number of rotatable bonds is 1. The lowest BCUT2D eigenvalue weighted by Gasteiger charge is -2.04. The van der Waals surface area contributed by atoms with Crippen LogP contribution in [0.1, 0.15) is 11.1 Å². The second-order valence-corrected chi connectivity index (χ2v) is 4.05. The zero-order chi connectivity index (χ0) is 9.35. The molecule has 0 atom stereocenters. The zero-order valence-electron chi connectivity index (χ0n) is 6.90. The molecular formula is C8H12MgO3S. The summed E-state index contributed by atoms with van der Waals surface area (Å²) in [6.07, 6.45) is 0. The Labute approximate surface area is 94.1 Å². The second kappa shape index (κ2) is 4.41. The van der Waals surface area contributed by atoms with E-state index in [4.69, 9.17) is 4.55 Å². The van der Waals surface area contributed by atoms with Crippen LogP contribution in [0.3, 0.4) is 0 Å². The van der Waals surface area contributed by atoms with Crippen LogP contribution in [0.25, 0.3) is 0 Å². The van der Waals surface area contributed by atoms with Crippen LogP contribution < -0.4 is 0 Å². The van der Waals surface area contributed by atoms with E-state index in [0.717, 1.165) is 0 Å². The van der Waals surface area contributed by atoms with Crippen molar-refractivity contribution < 1.29 is 13.0 Å². The molecule has 70 valence electrons. The topological polar surface area (TPSA) is 54.4 Å². The van der Waals surface area contributed by atoms with Crippen LogP contribution in [0.4, 0.5) is 0 Å². The van der Waals surface area contributed by atoms with E-state index in [0.29, 0.717) is 11.1 Å². The Morgan fingerprint density at radius 2 is 1.54 bits per heavy atom. The zero-order valence-corrected chi connectivity index (χ0v) is 7.72. The maximum Gasteiger partial charge on any atom is 0.316 e. The van der Waals surface area contributed by atoms with Gasteiger partial charge in [0.15, 0.2) is 0 Å². The summed E-state index contributed by atoms with van der Waals surface area (Å²) in [6.45, 7) is 3.30. The lowest BCUT2D eigenvalue weighted by molar-refractivity contribution is 0.482. The van der Waals surface area contributed by atoms with Crippen molar-refractivity contribution in [3.05, 3.63) is 29.3 Å². The fourth-order valence-electron chi connectivity index (χ4n) is 1.21. The molecule has 0 bridgehead atoms. The number of hydrogen-bond acceptors (Lipinski definition) is 2. The number of aryl methyl sites for hydroxylation is 2. The molecule has 0 spiro atoms. The first-order valence-corrected chi connectivity index (χ1v) is 4.90. The normalized spacial score (nSPS) is 10.7. The minimum atomic E-state index is -4.06. The molecule has 0 saturated heterocycles.